The maximum Gasteiger partial charge on any atom is 0.161 e. The van der Waals surface area contributed by atoms with E-state index in [1.807, 2.05) is 0 Å². The molecule has 1 N–H and O–H groups in total. The number of hydrogen-bond donors (Lipinski definition) is 1. The highest BCUT2D eigenvalue weighted by Crippen LogP contribution is 2.24. The molecule has 5 heteroatoms. The Morgan fingerprint density at radius 2 is 1.87 bits per heavy atom. The van der Waals surface area contributed by atoms with Gasteiger partial charge in [-0.15, -0.1) is 10.2 Å². The largest absolute Gasteiger partial charge is 0.314 e. The fourth-order valence-corrected chi connectivity index (χ4v) is 3.30. The van der Waals surface area contributed by atoms with Crippen molar-refractivity contribution in [1.29, 1.82) is 0 Å². The highest BCUT2D eigenvalue weighted by molar-refractivity contribution is 5.45. The van der Waals surface area contributed by atoms with Gasteiger partial charge in [0.25, 0.3) is 0 Å². The molecule has 0 amide bonds. The highest BCUT2D eigenvalue weighted by atomic mass is 15.3. The highest BCUT2D eigenvalue weighted by Gasteiger charge is 2.23. The van der Waals surface area contributed by atoms with Gasteiger partial charge in [-0.1, -0.05) is 34.1 Å². The fourth-order valence-electron chi connectivity index (χ4n) is 3.30. The minimum absolute atomic E-state index is 0.00195. The standard InChI is InChI=1S/C18H29N5/c1-5-6-15-11-14(13-22-9-7-19-8-10-22)12-16-20-21-17(23(15)16)18(2,3)4/h11-12,19H,5-10,13H2,1-4H3. The Balaban J connectivity index is 1.98. The van der Waals surface area contributed by atoms with Gasteiger partial charge < -0.3 is 5.32 Å². The Hall–Kier alpha value is -1.46. The molecule has 23 heavy (non-hydrogen) atoms. The predicted molar refractivity (Wildman–Crippen MR) is 93.8 cm³/mol. The molecule has 1 aliphatic heterocycles. The summed E-state index contributed by atoms with van der Waals surface area (Å²) < 4.78 is 2.27. The summed E-state index contributed by atoms with van der Waals surface area (Å²) in [6, 6.07) is 4.57. The first-order chi connectivity index (χ1) is 11.0. The van der Waals surface area contributed by atoms with Crippen LogP contribution >= 0.6 is 0 Å². The third-order valence-electron chi connectivity index (χ3n) is 4.43. The fraction of sp³-hybridized carbons (Fsp3) is 0.667. The second kappa shape index (κ2) is 6.57. The summed E-state index contributed by atoms with van der Waals surface area (Å²) >= 11 is 0. The van der Waals surface area contributed by atoms with Gasteiger partial charge >= 0.3 is 0 Å². The maximum atomic E-state index is 4.49. The average Bonchev–Trinajstić information content (AvgIpc) is 2.93. The van der Waals surface area contributed by atoms with E-state index in [9.17, 15) is 0 Å². The summed E-state index contributed by atoms with van der Waals surface area (Å²) in [7, 11) is 0. The second-order valence-electron chi connectivity index (χ2n) is 7.60. The molecule has 126 valence electrons. The van der Waals surface area contributed by atoms with E-state index in [1.54, 1.807) is 0 Å². The molecule has 0 atom stereocenters. The third-order valence-corrected chi connectivity index (χ3v) is 4.43. The van der Waals surface area contributed by atoms with Gasteiger partial charge in [-0.2, -0.15) is 0 Å². The minimum Gasteiger partial charge on any atom is -0.314 e. The van der Waals surface area contributed by atoms with Gasteiger partial charge in [0.05, 0.1) is 0 Å². The molecule has 1 saturated heterocycles. The molecule has 1 aliphatic rings. The normalized spacial score (nSPS) is 17.0. The molecule has 2 aromatic rings. The lowest BCUT2D eigenvalue weighted by Crippen LogP contribution is -2.42. The third kappa shape index (κ3) is 3.56. The van der Waals surface area contributed by atoms with E-state index >= 15 is 0 Å². The molecule has 2 aromatic heterocycles. The van der Waals surface area contributed by atoms with Gasteiger partial charge in [0, 0.05) is 43.8 Å². The average molecular weight is 315 g/mol. The van der Waals surface area contributed by atoms with Crippen LogP contribution < -0.4 is 5.32 Å². The molecule has 0 bridgehead atoms. The van der Waals surface area contributed by atoms with Crippen LogP contribution in [0.1, 0.15) is 51.2 Å². The summed E-state index contributed by atoms with van der Waals surface area (Å²) in [5.41, 5.74) is 3.69. The summed E-state index contributed by atoms with van der Waals surface area (Å²) in [5, 5.41) is 12.4. The molecule has 0 aromatic carbocycles. The maximum absolute atomic E-state index is 4.49. The van der Waals surface area contributed by atoms with Gasteiger partial charge in [0.15, 0.2) is 5.65 Å². The van der Waals surface area contributed by atoms with Gasteiger partial charge in [0.2, 0.25) is 0 Å². The number of hydrogen-bond acceptors (Lipinski definition) is 4. The smallest absolute Gasteiger partial charge is 0.161 e. The lowest BCUT2D eigenvalue weighted by molar-refractivity contribution is 0.233. The van der Waals surface area contributed by atoms with Crippen LogP contribution in [0, 0.1) is 0 Å². The summed E-state index contributed by atoms with van der Waals surface area (Å²) in [6.07, 6.45) is 2.20. The summed E-state index contributed by atoms with van der Waals surface area (Å²) in [4.78, 5) is 2.51. The van der Waals surface area contributed by atoms with Crippen molar-refractivity contribution >= 4 is 5.65 Å². The number of piperazine rings is 1. The number of aryl methyl sites for hydroxylation is 1. The molecule has 0 saturated carbocycles. The second-order valence-corrected chi connectivity index (χ2v) is 7.60. The number of fused-ring (bicyclic) bond motifs is 1. The van der Waals surface area contributed by atoms with Crippen molar-refractivity contribution in [2.75, 3.05) is 26.2 Å². The monoisotopic (exact) mass is 315 g/mol. The Morgan fingerprint density at radius 3 is 2.52 bits per heavy atom. The summed E-state index contributed by atoms with van der Waals surface area (Å²) in [5.74, 6) is 1.06. The predicted octanol–water partition coefficient (Wildman–Crippen LogP) is 2.38. The van der Waals surface area contributed by atoms with E-state index < -0.39 is 0 Å². The Kier molecular flexibility index (Phi) is 4.69. The van der Waals surface area contributed by atoms with E-state index in [-0.39, 0.29) is 5.41 Å². The quantitative estimate of drug-likeness (QED) is 0.941. The Labute approximate surface area is 139 Å². The molecule has 0 spiro atoms. The number of nitrogens with one attached hydrogen (secondary N) is 1. The molecule has 3 rings (SSSR count). The van der Waals surface area contributed by atoms with Crippen molar-refractivity contribution in [2.24, 2.45) is 0 Å². The van der Waals surface area contributed by atoms with E-state index in [0.717, 1.165) is 57.0 Å². The first-order valence-corrected chi connectivity index (χ1v) is 8.79. The van der Waals surface area contributed by atoms with Crippen molar-refractivity contribution in [3.63, 3.8) is 0 Å². The van der Waals surface area contributed by atoms with Crippen molar-refractivity contribution < 1.29 is 0 Å². The van der Waals surface area contributed by atoms with Crippen LogP contribution in [-0.2, 0) is 18.4 Å². The zero-order valence-corrected chi connectivity index (χ0v) is 14.9. The van der Waals surface area contributed by atoms with Gasteiger partial charge in [-0.25, -0.2) is 0 Å². The van der Waals surface area contributed by atoms with Gasteiger partial charge in [-0.05, 0) is 24.1 Å². The SMILES string of the molecule is CCCc1cc(CN2CCNCC2)cc2nnc(C(C)(C)C)n12. The van der Waals surface area contributed by atoms with Crippen molar-refractivity contribution in [1.82, 2.24) is 24.8 Å². The Morgan fingerprint density at radius 1 is 1.13 bits per heavy atom. The van der Waals surface area contributed by atoms with Crippen LogP contribution in [0.5, 0.6) is 0 Å². The molecular weight excluding hydrogens is 286 g/mol. The van der Waals surface area contributed by atoms with Crippen LogP contribution in [-0.4, -0.2) is 45.7 Å². The van der Waals surface area contributed by atoms with Crippen LogP contribution in [0.25, 0.3) is 5.65 Å². The number of pyridine rings is 1. The number of rotatable bonds is 4. The number of nitrogens with zero attached hydrogens (tertiary/aromatic N) is 4. The molecule has 0 aliphatic carbocycles. The van der Waals surface area contributed by atoms with Crippen LogP contribution in [0.3, 0.4) is 0 Å². The minimum atomic E-state index is 0.00195. The zero-order chi connectivity index (χ0) is 16.4. The zero-order valence-electron chi connectivity index (χ0n) is 14.9. The molecule has 5 nitrogen and oxygen atoms in total. The molecule has 1 fully saturated rings. The van der Waals surface area contributed by atoms with E-state index in [0.29, 0.717) is 0 Å². The van der Waals surface area contributed by atoms with E-state index in [2.05, 4.69) is 64.6 Å². The molecule has 0 radical (unpaired) electrons. The number of aromatic nitrogens is 3. The topological polar surface area (TPSA) is 45.5 Å². The molecule has 3 heterocycles. The molecule has 0 unspecified atom stereocenters. The Bertz CT molecular complexity index is 662. The summed E-state index contributed by atoms with van der Waals surface area (Å²) in [6.45, 7) is 14.3. The van der Waals surface area contributed by atoms with Crippen molar-refractivity contribution in [3.8, 4) is 0 Å². The first kappa shape index (κ1) is 16.4. The van der Waals surface area contributed by atoms with Gasteiger partial charge in [-0.3, -0.25) is 9.30 Å². The van der Waals surface area contributed by atoms with E-state index in [1.165, 1.54) is 11.3 Å². The first-order valence-electron chi connectivity index (χ1n) is 8.79. The van der Waals surface area contributed by atoms with Crippen LogP contribution in [0.2, 0.25) is 0 Å². The lowest BCUT2D eigenvalue weighted by atomic mass is 9.95. The van der Waals surface area contributed by atoms with E-state index in [4.69, 9.17) is 0 Å². The lowest BCUT2D eigenvalue weighted by Gasteiger charge is -2.27. The van der Waals surface area contributed by atoms with Gasteiger partial charge in [0.1, 0.15) is 5.82 Å². The van der Waals surface area contributed by atoms with Crippen LogP contribution in [0.4, 0.5) is 0 Å². The van der Waals surface area contributed by atoms with Crippen LogP contribution in [0.15, 0.2) is 12.1 Å². The van der Waals surface area contributed by atoms with Crippen molar-refractivity contribution in [2.45, 2.75) is 52.5 Å². The molecular formula is C18H29N5. The van der Waals surface area contributed by atoms with Crippen molar-refractivity contribution in [3.05, 3.63) is 29.2 Å².